The molecule has 0 aromatic carbocycles. The smallest absolute Gasteiger partial charge is 0.326 e. The molecule has 112 valence electrons. The topological polar surface area (TPSA) is 79.5 Å². The predicted octanol–water partition coefficient (Wildman–Crippen LogP) is 2.94. The van der Waals surface area contributed by atoms with E-state index in [2.05, 4.69) is 5.32 Å². The van der Waals surface area contributed by atoms with Crippen LogP contribution in [0.25, 0.3) is 0 Å². The average Bonchev–Trinajstić information content (AvgIpc) is 2.76. The molecule has 0 spiro atoms. The van der Waals surface area contributed by atoms with Crippen LogP contribution in [-0.4, -0.2) is 23.0 Å². The highest BCUT2D eigenvalue weighted by Crippen LogP contribution is 2.22. The zero-order valence-electron chi connectivity index (χ0n) is 12.7. The van der Waals surface area contributed by atoms with Crippen LogP contribution in [0.15, 0.2) is 10.5 Å². The molecule has 1 aromatic heterocycles. The second-order valence-electron chi connectivity index (χ2n) is 5.45. The number of carboxylic acids is 1. The standard InChI is InChI=1S/C15H23NO4/c1-6-9(4)13(15(18)19)16-14(17)11-7-12(8(2)3)20-10(11)5/h7-9,13H,6H2,1-5H3,(H,16,17)(H,18,19). The van der Waals surface area contributed by atoms with Gasteiger partial charge in [-0.2, -0.15) is 0 Å². The molecule has 1 rings (SSSR count). The average molecular weight is 281 g/mol. The molecule has 5 nitrogen and oxygen atoms in total. The highest BCUT2D eigenvalue weighted by molar-refractivity contribution is 5.97. The fourth-order valence-corrected chi connectivity index (χ4v) is 1.92. The van der Waals surface area contributed by atoms with Crippen molar-refractivity contribution in [2.75, 3.05) is 0 Å². The minimum atomic E-state index is -1.02. The van der Waals surface area contributed by atoms with E-state index < -0.39 is 17.9 Å². The first-order valence-corrected chi connectivity index (χ1v) is 6.91. The lowest BCUT2D eigenvalue weighted by Gasteiger charge is -2.19. The van der Waals surface area contributed by atoms with E-state index in [9.17, 15) is 14.7 Å². The molecule has 0 bridgehead atoms. The lowest BCUT2D eigenvalue weighted by Crippen LogP contribution is -2.45. The molecule has 1 amide bonds. The monoisotopic (exact) mass is 281 g/mol. The Morgan fingerprint density at radius 1 is 1.35 bits per heavy atom. The number of carboxylic acid groups (broad SMARTS) is 1. The molecular formula is C15H23NO4. The van der Waals surface area contributed by atoms with Gasteiger partial charge in [-0.25, -0.2) is 4.79 Å². The summed E-state index contributed by atoms with van der Waals surface area (Å²) in [5, 5.41) is 11.8. The van der Waals surface area contributed by atoms with Crippen LogP contribution in [0.1, 0.15) is 61.9 Å². The normalized spacial score (nSPS) is 14.1. The third kappa shape index (κ3) is 3.62. The van der Waals surface area contributed by atoms with Gasteiger partial charge in [0.2, 0.25) is 0 Å². The summed E-state index contributed by atoms with van der Waals surface area (Å²) >= 11 is 0. The summed E-state index contributed by atoms with van der Waals surface area (Å²) in [6, 6.07) is 0.800. The summed E-state index contributed by atoms with van der Waals surface area (Å²) in [5.41, 5.74) is 0.406. The van der Waals surface area contributed by atoms with E-state index in [1.165, 1.54) is 0 Å². The van der Waals surface area contributed by atoms with Crippen LogP contribution in [0, 0.1) is 12.8 Å². The highest BCUT2D eigenvalue weighted by atomic mass is 16.4. The number of aliphatic carboxylic acids is 1. The quantitative estimate of drug-likeness (QED) is 0.840. The molecule has 0 fully saturated rings. The van der Waals surface area contributed by atoms with Crippen molar-refractivity contribution in [2.24, 2.45) is 5.92 Å². The first-order chi connectivity index (χ1) is 9.27. The summed E-state index contributed by atoms with van der Waals surface area (Å²) in [5.74, 6) is -0.125. The van der Waals surface area contributed by atoms with Crippen LogP contribution in [0.2, 0.25) is 0 Å². The zero-order chi connectivity index (χ0) is 15.4. The van der Waals surface area contributed by atoms with E-state index in [1.807, 2.05) is 20.8 Å². The Bertz CT molecular complexity index is 490. The van der Waals surface area contributed by atoms with Crippen LogP contribution in [0.3, 0.4) is 0 Å². The highest BCUT2D eigenvalue weighted by Gasteiger charge is 2.27. The Morgan fingerprint density at radius 2 is 1.95 bits per heavy atom. The van der Waals surface area contributed by atoms with Crippen molar-refractivity contribution in [3.8, 4) is 0 Å². The molecule has 0 aliphatic carbocycles. The van der Waals surface area contributed by atoms with Gasteiger partial charge in [-0.1, -0.05) is 34.1 Å². The number of carbonyl (C=O) groups is 2. The second kappa shape index (κ2) is 6.59. The van der Waals surface area contributed by atoms with Crippen molar-refractivity contribution in [1.29, 1.82) is 0 Å². The Balaban J connectivity index is 2.92. The fourth-order valence-electron chi connectivity index (χ4n) is 1.92. The van der Waals surface area contributed by atoms with Crippen molar-refractivity contribution in [3.63, 3.8) is 0 Å². The first kappa shape index (κ1) is 16.3. The van der Waals surface area contributed by atoms with Crippen LogP contribution >= 0.6 is 0 Å². The minimum Gasteiger partial charge on any atom is -0.480 e. The molecule has 0 aliphatic rings. The molecule has 20 heavy (non-hydrogen) atoms. The van der Waals surface area contributed by atoms with E-state index in [0.717, 1.165) is 5.76 Å². The van der Waals surface area contributed by atoms with Crippen molar-refractivity contribution in [3.05, 3.63) is 23.2 Å². The molecule has 2 atom stereocenters. The van der Waals surface area contributed by atoms with Gasteiger partial charge in [-0.3, -0.25) is 4.79 Å². The number of rotatable bonds is 6. The van der Waals surface area contributed by atoms with Crippen LogP contribution < -0.4 is 5.32 Å². The molecule has 0 radical (unpaired) electrons. The number of aryl methyl sites for hydroxylation is 1. The van der Waals surface area contributed by atoms with Gasteiger partial charge in [0.05, 0.1) is 5.56 Å². The molecule has 2 N–H and O–H groups in total. The van der Waals surface area contributed by atoms with E-state index in [0.29, 0.717) is 17.7 Å². The molecule has 0 saturated carbocycles. The maximum Gasteiger partial charge on any atom is 0.326 e. The summed E-state index contributed by atoms with van der Waals surface area (Å²) in [6.45, 7) is 9.35. The van der Waals surface area contributed by atoms with E-state index in [4.69, 9.17) is 4.42 Å². The third-order valence-corrected chi connectivity index (χ3v) is 3.52. The third-order valence-electron chi connectivity index (χ3n) is 3.52. The summed E-state index contributed by atoms with van der Waals surface area (Å²) in [7, 11) is 0. The number of amides is 1. The maximum atomic E-state index is 12.2. The maximum absolute atomic E-state index is 12.2. The number of hydrogen-bond donors (Lipinski definition) is 2. The van der Waals surface area contributed by atoms with Gasteiger partial charge in [0.15, 0.2) is 0 Å². The molecular weight excluding hydrogens is 258 g/mol. The van der Waals surface area contributed by atoms with Gasteiger partial charge in [-0.15, -0.1) is 0 Å². The number of carbonyl (C=O) groups excluding carboxylic acids is 1. The van der Waals surface area contributed by atoms with E-state index >= 15 is 0 Å². The van der Waals surface area contributed by atoms with Crippen molar-refractivity contribution >= 4 is 11.9 Å². The lowest BCUT2D eigenvalue weighted by atomic mass is 9.99. The van der Waals surface area contributed by atoms with Crippen molar-refractivity contribution < 1.29 is 19.1 Å². The van der Waals surface area contributed by atoms with Gasteiger partial charge in [-0.05, 0) is 18.9 Å². The largest absolute Gasteiger partial charge is 0.480 e. The van der Waals surface area contributed by atoms with Gasteiger partial charge in [0, 0.05) is 5.92 Å². The first-order valence-electron chi connectivity index (χ1n) is 6.91. The van der Waals surface area contributed by atoms with Gasteiger partial charge in [0.1, 0.15) is 17.6 Å². The van der Waals surface area contributed by atoms with Crippen LogP contribution in [-0.2, 0) is 4.79 Å². The van der Waals surface area contributed by atoms with Gasteiger partial charge >= 0.3 is 5.97 Å². The molecule has 0 saturated heterocycles. The van der Waals surface area contributed by atoms with Gasteiger partial charge in [0.25, 0.3) is 5.91 Å². The summed E-state index contributed by atoms with van der Waals surface area (Å²) in [6.07, 6.45) is 0.679. The summed E-state index contributed by atoms with van der Waals surface area (Å²) < 4.78 is 5.52. The number of hydrogen-bond acceptors (Lipinski definition) is 3. The van der Waals surface area contributed by atoms with Gasteiger partial charge < -0.3 is 14.8 Å². The fraction of sp³-hybridized carbons (Fsp3) is 0.600. The molecule has 1 heterocycles. The van der Waals surface area contributed by atoms with Crippen LogP contribution in [0.4, 0.5) is 0 Å². The van der Waals surface area contributed by atoms with E-state index in [-0.39, 0.29) is 11.8 Å². The number of furan rings is 1. The van der Waals surface area contributed by atoms with Crippen molar-refractivity contribution in [2.45, 2.75) is 53.0 Å². The second-order valence-corrected chi connectivity index (χ2v) is 5.45. The van der Waals surface area contributed by atoms with Crippen LogP contribution in [0.5, 0.6) is 0 Å². The Kier molecular flexibility index (Phi) is 5.36. The zero-order valence-corrected chi connectivity index (χ0v) is 12.7. The Hall–Kier alpha value is -1.78. The number of nitrogens with one attached hydrogen (secondary N) is 1. The SMILES string of the molecule is CCC(C)C(NC(=O)c1cc(C(C)C)oc1C)C(=O)O. The lowest BCUT2D eigenvalue weighted by molar-refractivity contribution is -0.140. The molecule has 0 aliphatic heterocycles. The van der Waals surface area contributed by atoms with E-state index in [1.54, 1.807) is 19.9 Å². The Morgan fingerprint density at radius 3 is 2.35 bits per heavy atom. The molecule has 5 heteroatoms. The molecule has 2 unspecified atom stereocenters. The summed E-state index contributed by atoms with van der Waals surface area (Å²) in [4.78, 5) is 23.4. The minimum absolute atomic E-state index is 0.131. The van der Waals surface area contributed by atoms with Crippen molar-refractivity contribution in [1.82, 2.24) is 5.32 Å². The molecule has 1 aromatic rings. The predicted molar refractivity (Wildman–Crippen MR) is 75.9 cm³/mol. The Labute approximate surface area is 119 Å².